The average Bonchev–Trinajstić information content (AvgIpc) is 2.54. The largest absolute Gasteiger partial charge is 0.463 e. The molecule has 23 heavy (non-hydrogen) atoms. The quantitative estimate of drug-likeness (QED) is 0.369. The number of benzene rings is 1. The number of hydrogen-bond donors (Lipinski definition) is 2. The van der Waals surface area contributed by atoms with E-state index in [1.165, 1.54) is 24.3 Å². The summed E-state index contributed by atoms with van der Waals surface area (Å²) in [5.41, 5.74) is 0.844. The fourth-order valence-corrected chi connectivity index (χ4v) is 2.42. The summed E-state index contributed by atoms with van der Waals surface area (Å²) in [6.45, 7) is 1.83. The monoisotopic (exact) mass is 339 g/mol. The standard InChI is InChI=1S/C14H14ClN3O5/c1-2-23-13(19)11-10(7-15)16-14(20)17-12(11)8-3-5-9(6-4-8)18(21)22/h3-6,12H,2,7H2,1H3,(H2,16,17,20). The van der Waals surface area contributed by atoms with Gasteiger partial charge in [0, 0.05) is 17.8 Å². The van der Waals surface area contributed by atoms with Crippen LogP contribution in [0.1, 0.15) is 18.5 Å². The van der Waals surface area contributed by atoms with Crippen LogP contribution in [-0.4, -0.2) is 29.4 Å². The van der Waals surface area contributed by atoms with Crippen LogP contribution in [0.15, 0.2) is 35.5 Å². The highest BCUT2D eigenvalue weighted by molar-refractivity contribution is 6.20. The van der Waals surface area contributed by atoms with Crippen molar-refractivity contribution in [3.8, 4) is 0 Å². The number of amides is 2. The van der Waals surface area contributed by atoms with Crippen molar-refractivity contribution in [2.45, 2.75) is 13.0 Å². The molecule has 0 aromatic heterocycles. The number of nitrogens with one attached hydrogen (secondary N) is 2. The lowest BCUT2D eigenvalue weighted by atomic mass is 9.95. The summed E-state index contributed by atoms with van der Waals surface area (Å²) in [5, 5.41) is 15.8. The number of esters is 1. The minimum Gasteiger partial charge on any atom is -0.463 e. The van der Waals surface area contributed by atoms with E-state index < -0.39 is 23.0 Å². The number of halogens is 1. The van der Waals surface area contributed by atoms with Gasteiger partial charge in [-0.25, -0.2) is 9.59 Å². The van der Waals surface area contributed by atoms with Gasteiger partial charge in [0.25, 0.3) is 5.69 Å². The first-order valence-electron chi connectivity index (χ1n) is 6.76. The van der Waals surface area contributed by atoms with E-state index in [-0.39, 0.29) is 29.4 Å². The topological polar surface area (TPSA) is 111 Å². The molecular weight excluding hydrogens is 326 g/mol. The van der Waals surface area contributed by atoms with Gasteiger partial charge in [-0.05, 0) is 24.6 Å². The predicted octanol–water partition coefficient (Wildman–Crippen LogP) is 2.00. The van der Waals surface area contributed by atoms with Crippen molar-refractivity contribution >= 4 is 29.3 Å². The van der Waals surface area contributed by atoms with Crippen LogP contribution in [0.2, 0.25) is 0 Å². The number of non-ortho nitro benzene ring substituents is 1. The maximum absolute atomic E-state index is 12.2. The Morgan fingerprint density at radius 3 is 2.57 bits per heavy atom. The summed E-state index contributed by atoms with van der Waals surface area (Å²) < 4.78 is 5.01. The van der Waals surface area contributed by atoms with Gasteiger partial charge in [0.2, 0.25) is 0 Å². The van der Waals surface area contributed by atoms with Crippen LogP contribution in [0.5, 0.6) is 0 Å². The number of hydrogen-bond acceptors (Lipinski definition) is 5. The predicted molar refractivity (Wildman–Crippen MR) is 81.9 cm³/mol. The molecule has 0 bridgehead atoms. The average molecular weight is 340 g/mol. The van der Waals surface area contributed by atoms with E-state index in [0.717, 1.165) is 0 Å². The highest BCUT2D eigenvalue weighted by Gasteiger charge is 2.33. The van der Waals surface area contributed by atoms with Gasteiger partial charge < -0.3 is 15.4 Å². The number of urea groups is 1. The van der Waals surface area contributed by atoms with E-state index in [2.05, 4.69) is 10.6 Å². The molecule has 1 aromatic carbocycles. The zero-order chi connectivity index (χ0) is 17.0. The van der Waals surface area contributed by atoms with Crippen molar-refractivity contribution in [2.24, 2.45) is 0 Å². The maximum atomic E-state index is 12.2. The van der Waals surface area contributed by atoms with Crippen molar-refractivity contribution in [1.29, 1.82) is 0 Å². The molecule has 1 unspecified atom stereocenters. The van der Waals surface area contributed by atoms with E-state index >= 15 is 0 Å². The first kappa shape index (κ1) is 16.8. The molecular formula is C14H14ClN3O5. The first-order valence-corrected chi connectivity index (χ1v) is 7.29. The summed E-state index contributed by atoms with van der Waals surface area (Å²) >= 11 is 5.81. The smallest absolute Gasteiger partial charge is 0.338 e. The Bertz CT molecular complexity index is 671. The molecule has 1 aromatic rings. The zero-order valence-corrected chi connectivity index (χ0v) is 12.9. The summed E-state index contributed by atoms with van der Waals surface area (Å²) in [5.74, 6) is -0.690. The molecule has 2 amide bonds. The molecule has 1 heterocycles. The Balaban J connectivity index is 2.45. The van der Waals surface area contributed by atoms with Gasteiger partial charge in [0.15, 0.2) is 0 Å². The van der Waals surface area contributed by atoms with Crippen LogP contribution in [-0.2, 0) is 9.53 Å². The molecule has 8 nitrogen and oxygen atoms in total. The SMILES string of the molecule is CCOC(=O)C1=C(CCl)NC(=O)NC1c1ccc([N+](=O)[O-])cc1. The van der Waals surface area contributed by atoms with E-state index in [4.69, 9.17) is 16.3 Å². The van der Waals surface area contributed by atoms with Gasteiger partial charge in [0.05, 0.1) is 29.0 Å². The Kier molecular flexibility index (Phi) is 5.17. The third-order valence-corrected chi connectivity index (χ3v) is 3.49. The number of rotatable bonds is 5. The molecule has 9 heteroatoms. The van der Waals surface area contributed by atoms with Crippen LogP contribution < -0.4 is 10.6 Å². The number of nitrogens with zero attached hydrogens (tertiary/aromatic N) is 1. The van der Waals surface area contributed by atoms with E-state index in [9.17, 15) is 19.7 Å². The number of nitro benzene ring substituents is 1. The Morgan fingerprint density at radius 2 is 2.04 bits per heavy atom. The highest BCUT2D eigenvalue weighted by Crippen LogP contribution is 2.29. The molecule has 2 N–H and O–H groups in total. The first-order chi connectivity index (χ1) is 11.0. The minimum absolute atomic E-state index is 0.0783. The Morgan fingerprint density at radius 1 is 1.39 bits per heavy atom. The van der Waals surface area contributed by atoms with Crippen molar-refractivity contribution in [3.63, 3.8) is 0 Å². The molecule has 0 fully saturated rings. The fourth-order valence-electron chi connectivity index (χ4n) is 2.21. The van der Waals surface area contributed by atoms with Crippen LogP contribution in [0.4, 0.5) is 10.5 Å². The third kappa shape index (κ3) is 3.59. The van der Waals surface area contributed by atoms with Crippen LogP contribution in [0.3, 0.4) is 0 Å². The van der Waals surface area contributed by atoms with E-state index in [1.807, 2.05) is 0 Å². The summed E-state index contributed by atoms with van der Waals surface area (Å²) in [7, 11) is 0. The van der Waals surface area contributed by atoms with Crippen LogP contribution in [0, 0.1) is 10.1 Å². The van der Waals surface area contributed by atoms with Gasteiger partial charge in [0.1, 0.15) is 0 Å². The second-order valence-electron chi connectivity index (χ2n) is 4.63. The molecule has 0 radical (unpaired) electrons. The maximum Gasteiger partial charge on any atom is 0.338 e. The second kappa shape index (κ2) is 7.10. The van der Waals surface area contributed by atoms with Gasteiger partial charge in [-0.1, -0.05) is 0 Å². The van der Waals surface area contributed by atoms with Gasteiger partial charge in [-0.15, -0.1) is 11.6 Å². The van der Waals surface area contributed by atoms with Crippen molar-refractivity contribution in [1.82, 2.24) is 10.6 Å². The van der Waals surface area contributed by atoms with Crippen molar-refractivity contribution < 1.29 is 19.2 Å². The Hall–Kier alpha value is -2.61. The second-order valence-corrected chi connectivity index (χ2v) is 4.89. The molecule has 0 spiro atoms. The molecule has 0 saturated heterocycles. The van der Waals surface area contributed by atoms with E-state index in [0.29, 0.717) is 5.56 Å². The molecule has 1 aliphatic heterocycles. The van der Waals surface area contributed by atoms with Gasteiger partial charge in [-0.3, -0.25) is 10.1 Å². The number of alkyl halides is 1. The number of allylic oxidation sites excluding steroid dienone is 1. The van der Waals surface area contributed by atoms with Crippen LogP contribution in [0.25, 0.3) is 0 Å². The number of ether oxygens (including phenoxy) is 1. The third-order valence-electron chi connectivity index (χ3n) is 3.22. The zero-order valence-electron chi connectivity index (χ0n) is 12.2. The van der Waals surface area contributed by atoms with Crippen molar-refractivity contribution in [3.05, 3.63) is 51.2 Å². The van der Waals surface area contributed by atoms with Crippen molar-refractivity contribution in [2.75, 3.05) is 12.5 Å². The number of nitro groups is 1. The van der Waals surface area contributed by atoms with Crippen LogP contribution >= 0.6 is 11.6 Å². The summed E-state index contributed by atoms with van der Waals surface area (Å²) in [6, 6.07) is 4.23. The van der Waals surface area contributed by atoms with E-state index in [1.54, 1.807) is 6.92 Å². The minimum atomic E-state index is -0.794. The highest BCUT2D eigenvalue weighted by atomic mass is 35.5. The normalized spacial score (nSPS) is 17.3. The lowest BCUT2D eigenvalue weighted by molar-refractivity contribution is -0.384. The van der Waals surface area contributed by atoms with Gasteiger partial charge >= 0.3 is 12.0 Å². The molecule has 1 atom stereocenters. The summed E-state index contributed by atoms with van der Waals surface area (Å²) in [6.07, 6.45) is 0. The molecule has 0 aliphatic carbocycles. The Labute approximate surface area is 136 Å². The number of carbonyl (C=O) groups excluding carboxylic acids is 2. The molecule has 1 aliphatic rings. The molecule has 0 saturated carbocycles. The lowest BCUT2D eigenvalue weighted by Crippen LogP contribution is -2.46. The summed E-state index contributed by atoms with van der Waals surface area (Å²) in [4.78, 5) is 34.1. The van der Waals surface area contributed by atoms with Gasteiger partial charge in [-0.2, -0.15) is 0 Å². The lowest BCUT2D eigenvalue weighted by Gasteiger charge is -2.28. The fraction of sp³-hybridized carbons (Fsp3) is 0.286. The molecule has 2 rings (SSSR count). The molecule has 122 valence electrons. The number of carbonyl (C=O) groups is 2.